The smallest absolute Gasteiger partial charge is 0.416 e. The average Bonchev–Trinajstić information content (AvgIpc) is 2.93. The third-order valence-electron chi connectivity index (χ3n) is 5.97. The molecule has 4 rings (SSSR count). The molecule has 1 aromatic heterocycles. The Balaban J connectivity index is 1.88. The lowest BCUT2D eigenvalue weighted by Crippen LogP contribution is -2.33. The largest absolute Gasteiger partial charge is 0.464 e. The number of carbonyl (C=O) groups excluding carboxylic acids is 3. The monoisotopic (exact) mass is 562 g/mol. The molecule has 0 atom stereocenters. The average molecular weight is 563 g/mol. The van der Waals surface area contributed by atoms with Crippen LogP contribution < -0.4 is 5.56 Å². The van der Waals surface area contributed by atoms with Crippen LogP contribution in [0.3, 0.4) is 0 Å². The van der Waals surface area contributed by atoms with Gasteiger partial charge in [-0.2, -0.15) is 0 Å². The molecule has 0 unspecified atom stereocenters. The van der Waals surface area contributed by atoms with E-state index in [0.29, 0.717) is 21.9 Å². The summed E-state index contributed by atoms with van der Waals surface area (Å²) >= 11 is 3.47. The standard InChI is InChI=1S/C28H23BrN2O6/c1-30(28(35)37-3)25(32)19-11-9-17(10-12-19)16-31-24(27(34)36-2)23(18-7-5-4-6-8-18)22-15-20(29)13-14-21(22)26(31)33/h4-15H,16H2,1-3H3. The van der Waals surface area contributed by atoms with Crippen molar-refractivity contribution in [2.75, 3.05) is 21.3 Å². The summed E-state index contributed by atoms with van der Waals surface area (Å²) in [5, 5.41) is 1.07. The van der Waals surface area contributed by atoms with E-state index < -0.39 is 18.0 Å². The number of fused-ring (bicyclic) bond motifs is 1. The van der Waals surface area contributed by atoms with E-state index in [9.17, 15) is 19.2 Å². The summed E-state index contributed by atoms with van der Waals surface area (Å²) in [5.41, 5.74) is 2.04. The van der Waals surface area contributed by atoms with E-state index in [1.54, 1.807) is 36.4 Å². The van der Waals surface area contributed by atoms with Crippen molar-refractivity contribution in [3.8, 4) is 11.1 Å². The van der Waals surface area contributed by atoms with Crippen molar-refractivity contribution in [1.82, 2.24) is 9.47 Å². The summed E-state index contributed by atoms with van der Waals surface area (Å²) in [6.07, 6.45) is -0.778. The van der Waals surface area contributed by atoms with Gasteiger partial charge in [-0.1, -0.05) is 58.4 Å². The predicted molar refractivity (Wildman–Crippen MR) is 143 cm³/mol. The first-order chi connectivity index (χ1) is 17.8. The number of esters is 1. The van der Waals surface area contributed by atoms with E-state index in [2.05, 4.69) is 20.7 Å². The maximum Gasteiger partial charge on any atom is 0.416 e. The van der Waals surface area contributed by atoms with Gasteiger partial charge in [0.05, 0.1) is 20.8 Å². The Morgan fingerprint density at radius 1 is 0.892 bits per heavy atom. The lowest BCUT2D eigenvalue weighted by atomic mass is 9.96. The number of carbonyl (C=O) groups is 3. The Bertz CT molecular complexity index is 1560. The number of pyridine rings is 1. The fourth-order valence-corrected chi connectivity index (χ4v) is 4.49. The minimum absolute atomic E-state index is 0.0520. The number of hydrogen-bond donors (Lipinski definition) is 0. The molecule has 0 aliphatic rings. The third kappa shape index (κ3) is 5.03. The first kappa shape index (κ1) is 25.8. The molecule has 2 amide bonds. The van der Waals surface area contributed by atoms with Crippen molar-refractivity contribution >= 4 is 44.7 Å². The second-order valence-corrected chi connectivity index (χ2v) is 9.11. The number of ether oxygens (including phenoxy) is 2. The molecule has 0 fully saturated rings. The van der Waals surface area contributed by atoms with Gasteiger partial charge in [-0.25, -0.2) is 14.5 Å². The quantitative estimate of drug-likeness (QED) is 0.314. The van der Waals surface area contributed by atoms with Crippen molar-refractivity contribution in [2.24, 2.45) is 0 Å². The van der Waals surface area contributed by atoms with Crippen LogP contribution in [0.25, 0.3) is 21.9 Å². The van der Waals surface area contributed by atoms with Crippen LogP contribution in [-0.4, -0.2) is 48.7 Å². The van der Waals surface area contributed by atoms with Crippen molar-refractivity contribution < 1.29 is 23.9 Å². The maximum atomic E-state index is 13.7. The van der Waals surface area contributed by atoms with E-state index in [-0.39, 0.29) is 23.4 Å². The minimum Gasteiger partial charge on any atom is -0.464 e. The van der Waals surface area contributed by atoms with E-state index in [4.69, 9.17) is 4.74 Å². The zero-order chi connectivity index (χ0) is 26.7. The zero-order valence-electron chi connectivity index (χ0n) is 20.4. The molecule has 0 spiro atoms. The Labute approximate surface area is 221 Å². The number of halogens is 1. The van der Waals surface area contributed by atoms with Crippen LogP contribution in [0.5, 0.6) is 0 Å². The lowest BCUT2D eigenvalue weighted by Gasteiger charge is -2.19. The zero-order valence-corrected chi connectivity index (χ0v) is 21.9. The van der Waals surface area contributed by atoms with Crippen molar-refractivity contribution in [3.63, 3.8) is 0 Å². The van der Waals surface area contributed by atoms with Gasteiger partial charge in [-0.05, 0) is 46.8 Å². The molecule has 0 N–H and O–H groups in total. The third-order valence-corrected chi connectivity index (χ3v) is 6.46. The van der Waals surface area contributed by atoms with Gasteiger partial charge in [0.1, 0.15) is 5.69 Å². The molecule has 3 aromatic carbocycles. The maximum absolute atomic E-state index is 13.7. The minimum atomic E-state index is -0.778. The van der Waals surface area contributed by atoms with Crippen LogP contribution >= 0.6 is 15.9 Å². The van der Waals surface area contributed by atoms with Crippen LogP contribution in [0.15, 0.2) is 82.1 Å². The molecule has 0 saturated carbocycles. The highest BCUT2D eigenvalue weighted by atomic mass is 79.9. The number of methoxy groups -OCH3 is 2. The lowest BCUT2D eigenvalue weighted by molar-refractivity contribution is 0.0588. The summed E-state index contributed by atoms with van der Waals surface area (Å²) in [5.74, 6) is -1.18. The highest BCUT2D eigenvalue weighted by molar-refractivity contribution is 9.10. The molecule has 188 valence electrons. The van der Waals surface area contributed by atoms with Crippen molar-refractivity contribution in [3.05, 3.63) is 104 Å². The van der Waals surface area contributed by atoms with Gasteiger partial charge in [-0.15, -0.1) is 0 Å². The van der Waals surface area contributed by atoms with Crippen LogP contribution in [0.4, 0.5) is 4.79 Å². The number of hydrogen-bond acceptors (Lipinski definition) is 6. The van der Waals surface area contributed by atoms with E-state index in [1.165, 1.54) is 25.8 Å². The molecule has 9 heteroatoms. The van der Waals surface area contributed by atoms with Crippen molar-refractivity contribution in [1.29, 1.82) is 0 Å². The van der Waals surface area contributed by atoms with Gasteiger partial charge in [0, 0.05) is 28.0 Å². The summed E-state index contributed by atoms with van der Waals surface area (Å²) < 4.78 is 11.9. The Morgan fingerprint density at radius 3 is 2.19 bits per heavy atom. The Hall–Kier alpha value is -4.24. The summed E-state index contributed by atoms with van der Waals surface area (Å²) in [4.78, 5) is 51.9. The second kappa shape index (κ2) is 10.8. The highest BCUT2D eigenvalue weighted by Gasteiger charge is 2.25. The van der Waals surface area contributed by atoms with Gasteiger partial charge in [0.25, 0.3) is 11.5 Å². The SMILES string of the molecule is COC(=O)c1c(-c2ccccc2)c2cc(Br)ccc2c(=O)n1Cc1ccc(C(=O)N(C)C(=O)OC)cc1. The van der Waals surface area contributed by atoms with Gasteiger partial charge in [0.2, 0.25) is 0 Å². The summed E-state index contributed by atoms with van der Waals surface area (Å²) in [6, 6.07) is 21.1. The molecule has 0 radical (unpaired) electrons. The topological polar surface area (TPSA) is 94.9 Å². The number of benzene rings is 3. The van der Waals surface area contributed by atoms with Gasteiger partial charge in [0.15, 0.2) is 0 Å². The van der Waals surface area contributed by atoms with E-state index in [1.807, 2.05) is 36.4 Å². The molecule has 0 aliphatic heterocycles. The molecular formula is C28H23BrN2O6. The molecule has 8 nitrogen and oxygen atoms in total. The van der Waals surface area contributed by atoms with Gasteiger partial charge >= 0.3 is 12.1 Å². The van der Waals surface area contributed by atoms with E-state index >= 15 is 0 Å². The number of amides is 2. The molecule has 37 heavy (non-hydrogen) atoms. The normalized spacial score (nSPS) is 10.7. The Morgan fingerprint density at radius 2 is 1.57 bits per heavy atom. The first-order valence-electron chi connectivity index (χ1n) is 11.2. The molecule has 0 bridgehead atoms. The van der Waals surface area contributed by atoms with E-state index in [0.717, 1.165) is 14.9 Å². The molecule has 0 aliphatic carbocycles. The molecule has 0 saturated heterocycles. The summed E-state index contributed by atoms with van der Waals surface area (Å²) in [7, 11) is 3.79. The summed E-state index contributed by atoms with van der Waals surface area (Å²) in [6.45, 7) is 0.0520. The number of aromatic nitrogens is 1. The second-order valence-electron chi connectivity index (χ2n) is 8.19. The molecular weight excluding hydrogens is 540 g/mol. The van der Waals surface area contributed by atoms with Crippen LogP contribution in [0.2, 0.25) is 0 Å². The number of nitrogens with zero attached hydrogens (tertiary/aromatic N) is 2. The van der Waals surface area contributed by atoms with Crippen LogP contribution in [0, 0.1) is 0 Å². The van der Waals surface area contributed by atoms with Gasteiger partial charge in [-0.3, -0.25) is 14.2 Å². The molecule has 1 heterocycles. The molecule has 4 aromatic rings. The highest BCUT2D eigenvalue weighted by Crippen LogP contribution is 2.33. The number of rotatable bonds is 5. The number of imide groups is 1. The van der Waals surface area contributed by atoms with Crippen molar-refractivity contribution in [2.45, 2.75) is 6.54 Å². The van der Waals surface area contributed by atoms with Gasteiger partial charge < -0.3 is 9.47 Å². The van der Waals surface area contributed by atoms with Crippen LogP contribution in [0.1, 0.15) is 26.4 Å². The fourth-order valence-electron chi connectivity index (χ4n) is 4.12. The fraction of sp³-hybridized carbons (Fsp3) is 0.143. The van der Waals surface area contributed by atoms with Crippen LogP contribution in [-0.2, 0) is 16.0 Å². The predicted octanol–water partition coefficient (Wildman–Crippen LogP) is 5.10. The Kier molecular flexibility index (Phi) is 7.54. The first-order valence-corrected chi connectivity index (χ1v) is 12.0.